The van der Waals surface area contributed by atoms with E-state index in [0.717, 1.165) is 33.4 Å². The smallest absolute Gasteiger partial charge is 0.407 e. The molecule has 2 N–H and O–H groups in total. The van der Waals surface area contributed by atoms with Gasteiger partial charge in [0.15, 0.2) is 5.82 Å². The van der Waals surface area contributed by atoms with E-state index in [1.165, 1.54) is 0 Å². The number of hydrogen-bond acceptors (Lipinski definition) is 5. The van der Waals surface area contributed by atoms with Gasteiger partial charge in [0.25, 0.3) is 0 Å². The van der Waals surface area contributed by atoms with Gasteiger partial charge < -0.3 is 15.2 Å². The molecule has 7 heteroatoms. The first kappa shape index (κ1) is 22.3. The van der Waals surface area contributed by atoms with Crippen LogP contribution >= 0.6 is 0 Å². The maximum absolute atomic E-state index is 12.6. The fourth-order valence-electron chi connectivity index (χ4n) is 4.46. The van der Waals surface area contributed by atoms with E-state index in [1.54, 1.807) is 30.6 Å². The lowest BCUT2D eigenvalue weighted by atomic mass is 9.98. The van der Waals surface area contributed by atoms with Crippen molar-refractivity contribution in [3.05, 3.63) is 108 Å². The Kier molecular flexibility index (Phi) is 6.22. The van der Waals surface area contributed by atoms with Crippen LogP contribution in [0.4, 0.5) is 4.79 Å². The van der Waals surface area contributed by atoms with Crippen LogP contribution in [-0.4, -0.2) is 39.8 Å². The van der Waals surface area contributed by atoms with Gasteiger partial charge in [0.05, 0.1) is 0 Å². The van der Waals surface area contributed by atoms with Crippen LogP contribution in [0.3, 0.4) is 0 Å². The van der Waals surface area contributed by atoms with Gasteiger partial charge in [-0.05, 0) is 33.9 Å². The summed E-state index contributed by atoms with van der Waals surface area (Å²) in [7, 11) is 0. The van der Waals surface area contributed by atoms with Gasteiger partial charge in [-0.1, -0.05) is 72.8 Å². The molecule has 1 aromatic heterocycles. The number of carboxylic acid groups (broad SMARTS) is 1. The minimum Gasteiger partial charge on any atom is -0.480 e. The number of aliphatic carboxylic acids is 1. The molecule has 0 aliphatic heterocycles. The van der Waals surface area contributed by atoms with Crippen molar-refractivity contribution in [2.45, 2.75) is 18.4 Å². The maximum Gasteiger partial charge on any atom is 0.407 e. The number of rotatable bonds is 7. The Morgan fingerprint density at radius 2 is 1.46 bits per heavy atom. The van der Waals surface area contributed by atoms with Gasteiger partial charge >= 0.3 is 12.1 Å². The molecule has 1 atom stereocenters. The Balaban J connectivity index is 1.23. The van der Waals surface area contributed by atoms with Gasteiger partial charge in [-0.2, -0.15) is 0 Å². The number of alkyl carbamates (subject to hydrolysis) is 1. The van der Waals surface area contributed by atoms with Crippen molar-refractivity contribution in [1.82, 2.24) is 15.3 Å². The molecule has 0 radical (unpaired) electrons. The van der Waals surface area contributed by atoms with E-state index in [9.17, 15) is 14.7 Å². The molecule has 1 heterocycles. The highest BCUT2D eigenvalue weighted by molar-refractivity contribution is 5.81. The fraction of sp³-hybridized carbons (Fsp3) is 0.143. The van der Waals surface area contributed by atoms with Crippen molar-refractivity contribution in [2.75, 3.05) is 6.61 Å². The Morgan fingerprint density at radius 1 is 0.857 bits per heavy atom. The quantitative estimate of drug-likeness (QED) is 0.411. The summed E-state index contributed by atoms with van der Waals surface area (Å²) in [6.07, 6.45) is 2.69. The second-order valence-corrected chi connectivity index (χ2v) is 8.33. The van der Waals surface area contributed by atoms with Crippen LogP contribution in [0.25, 0.3) is 22.5 Å². The Morgan fingerprint density at radius 3 is 2.06 bits per heavy atom. The lowest BCUT2D eigenvalue weighted by Crippen LogP contribution is -2.42. The molecule has 0 unspecified atom stereocenters. The van der Waals surface area contributed by atoms with Crippen LogP contribution in [0.5, 0.6) is 0 Å². The standard InChI is InChI=1S/C28H23N3O4/c32-27(33)25(16-18-10-12-19(13-11-18)26-29-14-5-15-30-26)31-28(34)35-17-24-22-8-3-1-6-20(22)21-7-2-4-9-23(21)24/h1-15,24-25H,16-17H2,(H,31,34)(H,32,33)/t25-/m0/s1. The van der Waals surface area contributed by atoms with E-state index in [-0.39, 0.29) is 18.9 Å². The number of aromatic nitrogens is 2. The molecule has 1 aliphatic carbocycles. The van der Waals surface area contributed by atoms with Gasteiger partial charge in [0.2, 0.25) is 0 Å². The topological polar surface area (TPSA) is 101 Å². The van der Waals surface area contributed by atoms with Crippen molar-refractivity contribution in [3.63, 3.8) is 0 Å². The number of hydrogen-bond donors (Lipinski definition) is 2. The highest BCUT2D eigenvalue weighted by Gasteiger charge is 2.29. The summed E-state index contributed by atoms with van der Waals surface area (Å²) in [4.78, 5) is 32.8. The van der Waals surface area contributed by atoms with E-state index in [2.05, 4.69) is 27.4 Å². The molecular weight excluding hydrogens is 442 g/mol. The summed E-state index contributed by atoms with van der Waals surface area (Å²) in [6.45, 7) is 0.123. The van der Waals surface area contributed by atoms with Gasteiger partial charge in [0, 0.05) is 30.3 Å². The molecule has 0 spiro atoms. The maximum atomic E-state index is 12.6. The zero-order valence-corrected chi connectivity index (χ0v) is 18.8. The minimum absolute atomic E-state index is 0.0934. The first-order valence-corrected chi connectivity index (χ1v) is 11.3. The number of fused-ring (bicyclic) bond motifs is 3. The fourth-order valence-corrected chi connectivity index (χ4v) is 4.46. The number of nitrogens with zero attached hydrogens (tertiary/aromatic N) is 2. The lowest BCUT2D eigenvalue weighted by Gasteiger charge is -2.17. The molecular formula is C28H23N3O4. The number of carbonyl (C=O) groups excluding carboxylic acids is 1. The highest BCUT2D eigenvalue weighted by atomic mass is 16.5. The number of benzene rings is 3. The van der Waals surface area contributed by atoms with Crippen LogP contribution in [0.15, 0.2) is 91.3 Å². The van der Waals surface area contributed by atoms with Gasteiger partial charge in [-0.15, -0.1) is 0 Å². The molecule has 5 rings (SSSR count). The number of nitrogens with one attached hydrogen (secondary N) is 1. The third-order valence-electron chi connectivity index (χ3n) is 6.15. The third-order valence-corrected chi connectivity index (χ3v) is 6.15. The number of carboxylic acids is 1. The van der Waals surface area contributed by atoms with Gasteiger partial charge in [-0.25, -0.2) is 19.6 Å². The summed E-state index contributed by atoms with van der Waals surface area (Å²) in [5.74, 6) is -0.635. The van der Waals surface area contributed by atoms with Crippen molar-refractivity contribution in [2.24, 2.45) is 0 Å². The minimum atomic E-state index is -1.13. The molecule has 35 heavy (non-hydrogen) atoms. The average Bonchev–Trinajstić information content (AvgIpc) is 3.21. The van der Waals surface area contributed by atoms with E-state index in [4.69, 9.17) is 4.74 Å². The Hall–Kier alpha value is -4.52. The zero-order chi connectivity index (χ0) is 24.2. The highest BCUT2D eigenvalue weighted by Crippen LogP contribution is 2.44. The molecule has 0 saturated heterocycles. The largest absolute Gasteiger partial charge is 0.480 e. The summed E-state index contributed by atoms with van der Waals surface area (Å²) >= 11 is 0. The Labute approximate surface area is 202 Å². The molecule has 3 aromatic carbocycles. The summed E-state index contributed by atoms with van der Waals surface area (Å²) in [6, 6.07) is 24.0. The second kappa shape index (κ2) is 9.77. The monoisotopic (exact) mass is 465 g/mol. The van der Waals surface area contributed by atoms with Crippen molar-refractivity contribution >= 4 is 12.1 Å². The Bertz CT molecular complexity index is 1310. The van der Waals surface area contributed by atoms with Crippen LogP contribution in [-0.2, 0) is 16.0 Å². The summed E-state index contributed by atoms with van der Waals surface area (Å²) < 4.78 is 5.51. The van der Waals surface area contributed by atoms with Crippen LogP contribution < -0.4 is 5.32 Å². The molecule has 0 bridgehead atoms. The van der Waals surface area contributed by atoms with Crippen LogP contribution in [0, 0.1) is 0 Å². The SMILES string of the molecule is O=C(N[C@@H](Cc1ccc(-c2ncccn2)cc1)C(=O)O)OCC1c2ccccc2-c2ccccc21. The molecule has 7 nitrogen and oxygen atoms in total. The van der Waals surface area contributed by atoms with E-state index in [0.29, 0.717) is 5.82 Å². The molecule has 1 amide bonds. The van der Waals surface area contributed by atoms with E-state index >= 15 is 0 Å². The molecule has 174 valence electrons. The number of carbonyl (C=O) groups is 2. The van der Waals surface area contributed by atoms with E-state index < -0.39 is 18.1 Å². The normalized spacial score (nSPS) is 12.9. The third kappa shape index (κ3) is 4.75. The zero-order valence-electron chi connectivity index (χ0n) is 18.8. The predicted molar refractivity (Wildman–Crippen MR) is 131 cm³/mol. The molecule has 0 fully saturated rings. The molecule has 0 saturated carbocycles. The van der Waals surface area contributed by atoms with Crippen molar-refractivity contribution < 1.29 is 19.4 Å². The summed E-state index contributed by atoms with van der Waals surface area (Å²) in [5, 5.41) is 12.2. The van der Waals surface area contributed by atoms with Crippen LogP contribution in [0.1, 0.15) is 22.6 Å². The molecule has 1 aliphatic rings. The average molecular weight is 466 g/mol. The summed E-state index contributed by atoms with van der Waals surface area (Å²) in [5.41, 5.74) is 6.04. The number of amides is 1. The van der Waals surface area contributed by atoms with Crippen molar-refractivity contribution in [3.8, 4) is 22.5 Å². The van der Waals surface area contributed by atoms with Crippen molar-refractivity contribution in [1.29, 1.82) is 0 Å². The first-order valence-electron chi connectivity index (χ1n) is 11.3. The second-order valence-electron chi connectivity index (χ2n) is 8.33. The number of ether oxygens (including phenoxy) is 1. The lowest BCUT2D eigenvalue weighted by molar-refractivity contribution is -0.139. The first-order chi connectivity index (χ1) is 17.1. The predicted octanol–water partition coefficient (Wildman–Crippen LogP) is 4.68. The van der Waals surface area contributed by atoms with Gasteiger partial charge in [-0.3, -0.25) is 0 Å². The van der Waals surface area contributed by atoms with Gasteiger partial charge in [0.1, 0.15) is 12.6 Å². The van der Waals surface area contributed by atoms with E-state index in [1.807, 2.05) is 48.5 Å². The van der Waals surface area contributed by atoms with Crippen LogP contribution in [0.2, 0.25) is 0 Å². The molecule has 4 aromatic rings.